The van der Waals surface area contributed by atoms with E-state index >= 15 is 0 Å². The standard InChI is InChI=1S/C34H22/c1-2-9-24(10-3-1)28-12-4-5-13-29(28)25-19-17-23(18-20-25)27-21-26-11-8-16-32-30-14-6-7-15-31(30)33(22-27)34(26)32/h1-22H. The van der Waals surface area contributed by atoms with Crippen LogP contribution in [-0.2, 0) is 0 Å². The lowest BCUT2D eigenvalue weighted by Crippen LogP contribution is -1.86. The highest BCUT2D eigenvalue weighted by atomic mass is 14.2. The molecular weight excluding hydrogens is 408 g/mol. The monoisotopic (exact) mass is 430 g/mol. The Labute approximate surface area is 199 Å². The molecule has 0 bridgehead atoms. The molecule has 0 spiro atoms. The Morgan fingerprint density at radius 2 is 0.794 bits per heavy atom. The second kappa shape index (κ2) is 7.57. The Hall–Kier alpha value is -4.42. The summed E-state index contributed by atoms with van der Waals surface area (Å²) in [6.07, 6.45) is 0. The van der Waals surface area contributed by atoms with Gasteiger partial charge in [0.25, 0.3) is 0 Å². The van der Waals surface area contributed by atoms with Crippen LogP contribution in [0.25, 0.3) is 66.4 Å². The van der Waals surface area contributed by atoms with Gasteiger partial charge in [0.1, 0.15) is 0 Å². The molecule has 0 amide bonds. The largest absolute Gasteiger partial charge is 0.0622 e. The second-order valence-corrected chi connectivity index (χ2v) is 8.96. The summed E-state index contributed by atoms with van der Waals surface area (Å²) >= 11 is 0. The van der Waals surface area contributed by atoms with Crippen LogP contribution in [0.3, 0.4) is 0 Å². The van der Waals surface area contributed by atoms with E-state index in [2.05, 4.69) is 133 Å². The maximum Gasteiger partial charge on any atom is -0.00259 e. The van der Waals surface area contributed by atoms with Crippen LogP contribution in [0.5, 0.6) is 0 Å². The first-order valence-electron chi connectivity index (χ1n) is 11.8. The van der Waals surface area contributed by atoms with Crippen LogP contribution in [0.2, 0.25) is 0 Å². The van der Waals surface area contributed by atoms with Crippen molar-refractivity contribution in [3.05, 3.63) is 133 Å². The SMILES string of the molecule is c1ccc(-c2ccccc2-c2ccc(-c3cc4c5c(cccc5c3)-c3ccccc3-4)cc2)cc1. The van der Waals surface area contributed by atoms with Gasteiger partial charge in [-0.1, -0.05) is 121 Å². The van der Waals surface area contributed by atoms with E-state index in [1.54, 1.807) is 0 Å². The molecule has 0 fully saturated rings. The lowest BCUT2D eigenvalue weighted by atomic mass is 9.92. The molecule has 0 saturated carbocycles. The first-order valence-corrected chi connectivity index (χ1v) is 11.8. The highest BCUT2D eigenvalue weighted by Crippen LogP contribution is 2.48. The summed E-state index contributed by atoms with van der Waals surface area (Å²) in [5.74, 6) is 0. The third-order valence-electron chi connectivity index (χ3n) is 7.03. The average molecular weight is 431 g/mol. The fraction of sp³-hybridized carbons (Fsp3) is 0. The summed E-state index contributed by atoms with van der Waals surface area (Å²) in [5.41, 5.74) is 12.9. The number of hydrogen-bond donors (Lipinski definition) is 0. The summed E-state index contributed by atoms with van der Waals surface area (Å²) in [6.45, 7) is 0. The van der Waals surface area contributed by atoms with Crippen molar-refractivity contribution in [3.8, 4) is 55.6 Å². The molecule has 0 radical (unpaired) electrons. The Morgan fingerprint density at radius 3 is 1.50 bits per heavy atom. The van der Waals surface area contributed by atoms with Gasteiger partial charge in [0.05, 0.1) is 0 Å². The zero-order chi connectivity index (χ0) is 22.5. The van der Waals surface area contributed by atoms with Gasteiger partial charge in [-0.25, -0.2) is 0 Å². The third-order valence-corrected chi connectivity index (χ3v) is 7.03. The van der Waals surface area contributed by atoms with Crippen LogP contribution in [0.4, 0.5) is 0 Å². The Balaban J connectivity index is 1.33. The Bertz CT molecular complexity index is 1670. The van der Waals surface area contributed by atoms with Gasteiger partial charge >= 0.3 is 0 Å². The molecule has 0 heteroatoms. The smallest absolute Gasteiger partial charge is 0.00259 e. The number of rotatable bonds is 3. The number of hydrogen-bond acceptors (Lipinski definition) is 0. The van der Waals surface area contributed by atoms with Crippen molar-refractivity contribution in [1.29, 1.82) is 0 Å². The van der Waals surface area contributed by atoms with Crippen molar-refractivity contribution in [2.24, 2.45) is 0 Å². The molecule has 34 heavy (non-hydrogen) atoms. The fourth-order valence-corrected chi connectivity index (χ4v) is 5.43. The van der Waals surface area contributed by atoms with Crippen LogP contribution < -0.4 is 0 Å². The van der Waals surface area contributed by atoms with Gasteiger partial charge in [-0.2, -0.15) is 0 Å². The molecule has 7 rings (SSSR count). The molecule has 0 unspecified atom stereocenters. The minimum absolute atomic E-state index is 1.24. The zero-order valence-corrected chi connectivity index (χ0v) is 18.7. The van der Waals surface area contributed by atoms with E-state index in [0.717, 1.165) is 0 Å². The predicted molar refractivity (Wildman–Crippen MR) is 145 cm³/mol. The van der Waals surface area contributed by atoms with Gasteiger partial charge in [-0.05, 0) is 78.5 Å². The first-order chi connectivity index (χ1) is 16.9. The van der Waals surface area contributed by atoms with Crippen LogP contribution in [0.15, 0.2) is 133 Å². The predicted octanol–water partition coefficient (Wildman–Crippen LogP) is 9.49. The number of fused-ring (bicyclic) bond motifs is 3. The van der Waals surface area contributed by atoms with E-state index < -0.39 is 0 Å². The van der Waals surface area contributed by atoms with Crippen LogP contribution in [0, 0.1) is 0 Å². The lowest BCUT2D eigenvalue weighted by molar-refractivity contribution is 1.57. The molecule has 0 heterocycles. The second-order valence-electron chi connectivity index (χ2n) is 8.96. The molecule has 0 N–H and O–H groups in total. The van der Waals surface area contributed by atoms with Gasteiger partial charge in [-0.3, -0.25) is 0 Å². The van der Waals surface area contributed by atoms with Crippen molar-refractivity contribution in [1.82, 2.24) is 0 Å². The summed E-state index contributed by atoms with van der Waals surface area (Å²) in [4.78, 5) is 0. The molecular formula is C34H22. The molecule has 0 saturated heterocycles. The van der Waals surface area contributed by atoms with Crippen molar-refractivity contribution >= 4 is 10.8 Å². The average Bonchev–Trinajstić information content (AvgIpc) is 3.24. The zero-order valence-electron chi connectivity index (χ0n) is 18.7. The van der Waals surface area contributed by atoms with Crippen molar-refractivity contribution < 1.29 is 0 Å². The van der Waals surface area contributed by atoms with Crippen LogP contribution >= 0.6 is 0 Å². The summed E-state index contributed by atoms with van der Waals surface area (Å²) in [6, 6.07) is 48.4. The van der Waals surface area contributed by atoms with Gasteiger partial charge in [0.15, 0.2) is 0 Å². The quantitative estimate of drug-likeness (QED) is 0.262. The molecule has 6 aromatic rings. The van der Waals surface area contributed by atoms with Gasteiger partial charge in [-0.15, -0.1) is 0 Å². The lowest BCUT2D eigenvalue weighted by Gasteiger charge is -2.12. The molecule has 1 aliphatic carbocycles. The van der Waals surface area contributed by atoms with E-state index in [0.29, 0.717) is 0 Å². The highest BCUT2D eigenvalue weighted by Gasteiger charge is 2.21. The highest BCUT2D eigenvalue weighted by molar-refractivity contribution is 6.16. The molecule has 158 valence electrons. The minimum atomic E-state index is 1.24. The topological polar surface area (TPSA) is 0 Å². The molecule has 0 nitrogen and oxygen atoms in total. The third kappa shape index (κ3) is 2.93. The van der Waals surface area contributed by atoms with E-state index in [1.807, 2.05) is 0 Å². The molecule has 1 aliphatic rings. The van der Waals surface area contributed by atoms with Gasteiger partial charge in [0.2, 0.25) is 0 Å². The van der Waals surface area contributed by atoms with Crippen LogP contribution in [-0.4, -0.2) is 0 Å². The van der Waals surface area contributed by atoms with Gasteiger partial charge < -0.3 is 0 Å². The fourth-order valence-electron chi connectivity index (χ4n) is 5.43. The molecule has 0 atom stereocenters. The summed E-state index contributed by atoms with van der Waals surface area (Å²) < 4.78 is 0. The Kier molecular flexibility index (Phi) is 4.25. The minimum Gasteiger partial charge on any atom is -0.0622 e. The Morgan fingerprint density at radius 1 is 0.265 bits per heavy atom. The molecule has 0 aliphatic heterocycles. The number of benzene rings is 6. The van der Waals surface area contributed by atoms with Crippen molar-refractivity contribution in [2.45, 2.75) is 0 Å². The maximum atomic E-state index is 2.37. The van der Waals surface area contributed by atoms with E-state index in [1.165, 1.54) is 66.4 Å². The molecule has 6 aromatic carbocycles. The maximum absolute atomic E-state index is 2.37. The molecule has 0 aromatic heterocycles. The first kappa shape index (κ1) is 19.1. The van der Waals surface area contributed by atoms with E-state index in [-0.39, 0.29) is 0 Å². The normalized spacial score (nSPS) is 11.5. The van der Waals surface area contributed by atoms with E-state index in [9.17, 15) is 0 Å². The van der Waals surface area contributed by atoms with E-state index in [4.69, 9.17) is 0 Å². The summed E-state index contributed by atoms with van der Waals surface area (Å²) in [7, 11) is 0. The summed E-state index contributed by atoms with van der Waals surface area (Å²) in [5, 5.41) is 2.68. The van der Waals surface area contributed by atoms with Gasteiger partial charge in [0, 0.05) is 0 Å². The van der Waals surface area contributed by atoms with Crippen molar-refractivity contribution in [3.63, 3.8) is 0 Å². The van der Waals surface area contributed by atoms with Crippen LogP contribution in [0.1, 0.15) is 0 Å². The van der Waals surface area contributed by atoms with Crippen molar-refractivity contribution in [2.75, 3.05) is 0 Å².